The van der Waals surface area contributed by atoms with Gasteiger partial charge in [-0.1, -0.05) is 43.2 Å². The fourth-order valence-electron chi connectivity index (χ4n) is 5.18. The van der Waals surface area contributed by atoms with E-state index >= 15 is 0 Å². The molecular formula is C22H30N2O2. The van der Waals surface area contributed by atoms with Crippen molar-refractivity contribution in [1.82, 2.24) is 0 Å². The summed E-state index contributed by atoms with van der Waals surface area (Å²) >= 11 is 0. The number of amidine groups is 1. The van der Waals surface area contributed by atoms with Crippen LogP contribution in [0.3, 0.4) is 0 Å². The second-order valence-corrected chi connectivity index (χ2v) is 9.11. The van der Waals surface area contributed by atoms with Crippen molar-refractivity contribution < 1.29 is 9.84 Å². The third-order valence-electron chi connectivity index (χ3n) is 6.73. The molecule has 4 rings (SSSR count). The number of ether oxygens (including phenoxy) is 1. The first-order valence-electron chi connectivity index (χ1n) is 9.90. The van der Waals surface area contributed by atoms with Crippen molar-refractivity contribution in [3.05, 3.63) is 35.9 Å². The Morgan fingerprint density at radius 1 is 1.12 bits per heavy atom. The third kappa shape index (κ3) is 2.79. The molecule has 4 atom stereocenters. The van der Waals surface area contributed by atoms with Gasteiger partial charge in [0.1, 0.15) is 5.84 Å². The van der Waals surface area contributed by atoms with E-state index in [1.165, 1.54) is 19.3 Å². The maximum atomic E-state index is 10.9. The Bertz CT molecular complexity index is 736. The highest BCUT2D eigenvalue weighted by atomic mass is 16.5. The number of fused-ring (bicyclic) bond motifs is 3. The standard InChI is InChI=1S/C22H30N2O2/c1-21(2,14-10-6-5-7-11-14)20-23-18(25)17-15-12-8-9-13-16(15)22(3,4)26-19(17)24-20/h5-7,10-11,15-17,19H,8-9,12-13H2,1-4H3,(H,23,24,25)/t15?,16?,17-,19?/m1/s1. The summed E-state index contributed by atoms with van der Waals surface area (Å²) in [6, 6.07) is 10.2. The van der Waals surface area contributed by atoms with Crippen LogP contribution in [0.1, 0.15) is 58.9 Å². The molecule has 26 heavy (non-hydrogen) atoms. The largest absolute Gasteiger partial charge is 0.496 e. The van der Waals surface area contributed by atoms with Crippen molar-refractivity contribution in [2.75, 3.05) is 0 Å². The predicted octanol–water partition coefficient (Wildman–Crippen LogP) is 4.89. The van der Waals surface area contributed by atoms with Crippen molar-refractivity contribution in [3.63, 3.8) is 0 Å². The van der Waals surface area contributed by atoms with Crippen LogP contribution >= 0.6 is 0 Å². The molecule has 2 fully saturated rings. The minimum Gasteiger partial charge on any atom is -0.496 e. The van der Waals surface area contributed by atoms with Gasteiger partial charge in [0, 0.05) is 5.41 Å². The van der Waals surface area contributed by atoms with Crippen LogP contribution in [0, 0.1) is 17.8 Å². The molecule has 1 aromatic carbocycles. The lowest BCUT2D eigenvalue weighted by atomic mass is 9.63. The molecule has 1 aliphatic carbocycles. The molecule has 0 radical (unpaired) electrons. The molecule has 1 N–H and O–H groups in total. The summed E-state index contributed by atoms with van der Waals surface area (Å²) in [5.74, 6) is 1.66. The molecule has 3 unspecified atom stereocenters. The van der Waals surface area contributed by atoms with Gasteiger partial charge in [-0.2, -0.15) is 0 Å². The normalized spacial score (nSPS) is 33.5. The maximum absolute atomic E-state index is 10.9. The predicted molar refractivity (Wildman–Crippen MR) is 105 cm³/mol. The maximum Gasteiger partial charge on any atom is 0.195 e. The zero-order chi connectivity index (χ0) is 18.5. The molecule has 3 aliphatic rings. The van der Waals surface area contributed by atoms with Gasteiger partial charge in [0.25, 0.3) is 0 Å². The zero-order valence-corrected chi connectivity index (χ0v) is 16.3. The van der Waals surface area contributed by atoms with E-state index in [1.807, 2.05) is 18.2 Å². The average Bonchev–Trinajstić information content (AvgIpc) is 2.61. The van der Waals surface area contributed by atoms with Crippen LogP contribution in [0.2, 0.25) is 0 Å². The van der Waals surface area contributed by atoms with Gasteiger partial charge in [0.2, 0.25) is 0 Å². The second kappa shape index (κ2) is 6.19. The SMILES string of the molecule is CC(C)(C1=NC2OC(C)(C)C3CCCCC3[C@@H]2C(O)=N1)c1ccccc1. The quantitative estimate of drug-likeness (QED) is 0.822. The van der Waals surface area contributed by atoms with Crippen LogP contribution < -0.4 is 0 Å². The van der Waals surface area contributed by atoms with Crippen LogP contribution in [0.15, 0.2) is 40.3 Å². The average molecular weight is 354 g/mol. The lowest BCUT2D eigenvalue weighted by Gasteiger charge is -2.53. The lowest BCUT2D eigenvalue weighted by Crippen LogP contribution is -2.57. The van der Waals surface area contributed by atoms with Crippen molar-refractivity contribution in [2.24, 2.45) is 27.7 Å². The molecule has 2 heterocycles. The number of rotatable bonds is 2. The van der Waals surface area contributed by atoms with Crippen molar-refractivity contribution in [1.29, 1.82) is 0 Å². The molecule has 1 saturated heterocycles. The highest BCUT2D eigenvalue weighted by Crippen LogP contribution is 2.50. The van der Waals surface area contributed by atoms with Crippen LogP contribution in [-0.2, 0) is 10.2 Å². The summed E-state index contributed by atoms with van der Waals surface area (Å²) in [7, 11) is 0. The molecule has 1 saturated carbocycles. The Balaban J connectivity index is 1.71. The van der Waals surface area contributed by atoms with E-state index in [4.69, 9.17) is 9.73 Å². The smallest absolute Gasteiger partial charge is 0.195 e. The Morgan fingerprint density at radius 2 is 1.81 bits per heavy atom. The van der Waals surface area contributed by atoms with E-state index in [0.29, 0.717) is 17.7 Å². The first-order valence-corrected chi connectivity index (χ1v) is 9.90. The monoisotopic (exact) mass is 354 g/mol. The van der Waals surface area contributed by atoms with E-state index in [1.54, 1.807) is 0 Å². The second-order valence-electron chi connectivity index (χ2n) is 9.11. The lowest BCUT2D eigenvalue weighted by molar-refractivity contribution is -0.188. The summed E-state index contributed by atoms with van der Waals surface area (Å²) in [4.78, 5) is 9.53. The van der Waals surface area contributed by atoms with Crippen LogP contribution in [0.4, 0.5) is 0 Å². The zero-order valence-electron chi connectivity index (χ0n) is 16.3. The minimum atomic E-state index is -0.378. The number of benzene rings is 1. The fraction of sp³-hybridized carbons (Fsp3) is 0.636. The molecule has 2 aliphatic heterocycles. The van der Waals surface area contributed by atoms with Gasteiger partial charge < -0.3 is 9.84 Å². The van der Waals surface area contributed by atoms with E-state index < -0.39 is 0 Å². The Kier molecular flexibility index (Phi) is 4.22. The molecule has 0 spiro atoms. The van der Waals surface area contributed by atoms with E-state index in [2.05, 4.69) is 44.8 Å². The highest BCUT2D eigenvalue weighted by molar-refractivity contribution is 6.02. The Morgan fingerprint density at radius 3 is 2.54 bits per heavy atom. The van der Waals surface area contributed by atoms with Gasteiger partial charge in [-0.25, -0.2) is 9.98 Å². The van der Waals surface area contributed by atoms with Gasteiger partial charge in [-0.05, 0) is 57.9 Å². The van der Waals surface area contributed by atoms with Gasteiger partial charge in [-0.15, -0.1) is 0 Å². The molecule has 140 valence electrons. The van der Waals surface area contributed by atoms with Gasteiger partial charge in [0.05, 0.1) is 11.5 Å². The first-order chi connectivity index (χ1) is 12.3. The molecule has 4 heteroatoms. The van der Waals surface area contributed by atoms with Crippen LogP contribution in [0.25, 0.3) is 0 Å². The number of aliphatic imine (C=N–C) groups is 2. The number of hydrogen-bond donors (Lipinski definition) is 1. The molecular weight excluding hydrogens is 324 g/mol. The van der Waals surface area contributed by atoms with E-state index in [9.17, 15) is 5.11 Å². The van der Waals surface area contributed by atoms with Crippen molar-refractivity contribution >= 4 is 11.7 Å². The first kappa shape index (κ1) is 17.7. The molecule has 0 bridgehead atoms. The third-order valence-corrected chi connectivity index (χ3v) is 6.73. The molecule has 4 nitrogen and oxygen atoms in total. The summed E-state index contributed by atoms with van der Waals surface area (Å²) in [6.07, 6.45) is 4.43. The molecule has 1 aromatic rings. The number of nitrogens with zero attached hydrogens (tertiary/aromatic N) is 2. The topological polar surface area (TPSA) is 54.2 Å². The van der Waals surface area contributed by atoms with Crippen LogP contribution in [0.5, 0.6) is 0 Å². The van der Waals surface area contributed by atoms with Crippen molar-refractivity contribution in [2.45, 2.75) is 70.6 Å². The van der Waals surface area contributed by atoms with Gasteiger partial charge in [0.15, 0.2) is 12.1 Å². The minimum absolute atomic E-state index is 0.0938. The van der Waals surface area contributed by atoms with Gasteiger partial charge >= 0.3 is 0 Å². The van der Waals surface area contributed by atoms with Gasteiger partial charge in [-0.3, -0.25) is 0 Å². The van der Waals surface area contributed by atoms with E-state index in [-0.39, 0.29) is 29.1 Å². The number of hydrogen-bond acceptors (Lipinski definition) is 3. The number of aliphatic hydroxyl groups excluding tert-OH is 1. The Hall–Kier alpha value is -1.68. The summed E-state index contributed by atoms with van der Waals surface area (Å²) < 4.78 is 6.45. The molecule has 0 aromatic heterocycles. The van der Waals surface area contributed by atoms with Crippen molar-refractivity contribution in [3.8, 4) is 0 Å². The summed E-state index contributed by atoms with van der Waals surface area (Å²) in [6.45, 7) is 8.59. The number of aliphatic hydroxyl groups is 1. The Labute approximate surface area is 156 Å². The fourth-order valence-corrected chi connectivity index (χ4v) is 5.18. The molecule has 0 amide bonds. The summed E-state index contributed by atoms with van der Waals surface area (Å²) in [5.41, 5.74) is 0.548. The van der Waals surface area contributed by atoms with E-state index in [0.717, 1.165) is 12.0 Å². The van der Waals surface area contributed by atoms with Crippen LogP contribution in [-0.4, -0.2) is 28.7 Å². The summed E-state index contributed by atoms with van der Waals surface area (Å²) in [5, 5.41) is 10.9. The highest BCUT2D eigenvalue weighted by Gasteiger charge is 2.53.